The highest BCUT2D eigenvalue weighted by atomic mass is 15.2. The van der Waals surface area contributed by atoms with E-state index in [1.54, 1.807) is 0 Å². The van der Waals surface area contributed by atoms with Crippen LogP contribution in [0, 0.1) is 0 Å². The molecule has 0 amide bonds. The summed E-state index contributed by atoms with van der Waals surface area (Å²) in [6.45, 7) is 4.68. The van der Waals surface area contributed by atoms with Gasteiger partial charge in [0.1, 0.15) is 0 Å². The molecule has 2 atom stereocenters. The average molecular weight is 141 g/mol. The zero-order chi connectivity index (χ0) is 6.97. The van der Waals surface area contributed by atoms with Gasteiger partial charge in [0.25, 0.3) is 0 Å². The highest BCUT2D eigenvalue weighted by Gasteiger charge is 2.27. The molecule has 2 aliphatic rings. The second kappa shape index (κ2) is 2.49. The standard InChI is InChI=1S/C7H15N3/c1-10-4-6-2-8-3-7(5-10)9-6/h6-9H,2-5H2,1H3/t6-,7+. The molecule has 0 aromatic heterocycles. The monoisotopic (exact) mass is 141 g/mol. The molecule has 2 fully saturated rings. The van der Waals surface area contributed by atoms with Gasteiger partial charge in [-0.2, -0.15) is 0 Å². The first-order chi connectivity index (χ1) is 4.84. The normalized spacial score (nSPS) is 41.7. The van der Waals surface area contributed by atoms with Crippen molar-refractivity contribution in [3.05, 3.63) is 0 Å². The number of rotatable bonds is 0. The Labute approximate surface area is 61.8 Å². The van der Waals surface area contributed by atoms with Crippen LogP contribution in [0.4, 0.5) is 0 Å². The number of hydrogen-bond donors (Lipinski definition) is 2. The minimum atomic E-state index is 0.692. The summed E-state index contributed by atoms with van der Waals surface area (Å²) in [6, 6.07) is 1.38. The predicted octanol–water partition coefficient (Wildman–Crippen LogP) is -1.14. The summed E-state index contributed by atoms with van der Waals surface area (Å²) in [6.07, 6.45) is 0. The van der Waals surface area contributed by atoms with Crippen LogP contribution >= 0.6 is 0 Å². The van der Waals surface area contributed by atoms with Crippen molar-refractivity contribution in [1.82, 2.24) is 15.5 Å². The second-order valence-electron chi connectivity index (χ2n) is 3.44. The van der Waals surface area contributed by atoms with Crippen LogP contribution in [0.3, 0.4) is 0 Å². The van der Waals surface area contributed by atoms with Gasteiger partial charge in [0.15, 0.2) is 0 Å². The third-order valence-corrected chi connectivity index (χ3v) is 2.32. The SMILES string of the molecule is CN1C[C@H]2CNC[C@@H](C1)N2. The molecule has 0 radical (unpaired) electrons. The molecule has 58 valence electrons. The van der Waals surface area contributed by atoms with Crippen molar-refractivity contribution >= 4 is 0 Å². The Bertz CT molecular complexity index is 110. The van der Waals surface area contributed by atoms with Crippen LogP contribution in [0.2, 0.25) is 0 Å². The summed E-state index contributed by atoms with van der Waals surface area (Å²) in [5, 5.41) is 7.00. The molecule has 0 saturated carbocycles. The summed E-state index contributed by atoms with van der Waals surface area (Å²) < 4.78 is 0. The van der Waals surface area contributed by atoms with E-state index in [0.29, 0.717) is 12.1 Å². The third-order valence-electron chi connectivity index (χ3n) is 2.32. The topological polar surface area (TPSA) is 27.3 Å². The van der Waals surface area contributed by atoms with E-state index in [-0.39, 0.29) is 0 Å². The largest absolute Gasteiger partial charge is 0.314 e. The fraction of sp³-hybridized carbons (Fsp3) is 1.00. The fourth-order valence-electron chi connectivity index (χ4n) is 1.94. The Morgan fingerprint density at radius 3 is 2.40 bits per heavy atom. The molecule has 0 aromatic carbocycles. The van der Waals surface area contributed by atoms with Crippen LogP contribution in [-0.4, -0.2) is 50.2 Å². The van der Waals surface area contributed by atoms with Gasteiger partial charge < -0.3 is 15.5 Å². The van der Waals surface area contributed by atoms with Gasteiger partial charge in [-0.3, -0.25) is 0 Å². The van der Waals surface area contributed by atoms with E-state index in [0.717, 1.165) is 13.1 Å². The number of fused-ring (bicyclic) bond motifs is 2. The number of hydrogen-bond acceptors (Lipinski definition) is 3. The van der Waals surface area contributed by atoms with E-state index in [1.807, 2.05) is 0 Å². The summed E-state index contributed by atoms with van der Waals surface area (Å²) in [7, 11) is 2.20. The average Bonchev–Trinajstić information content (AvgIpc) is 1.85. The lowest BCUT2D eigenvalue weighted by atomic mass is 10.1. The lowest BCUT2D eigenvalue weighted by molar-refractivity contribution is 0.161. The van der Waals surface area contributed by atoms with Crippen LogP contribution in [-0.2, 0) is 0 Å². The highest BCUT2D eigenvalue weighted by Crippen LogP contribution is 2.04. The van der Waals surface area contributed by atoms with Gasteiger partial charge in [-0.15, -0.1) is 0 Å². The van der Waals surface area contributed by atoms with Crippen LogP contribution in [0.5, 0.6) is 0 Å². The van der Waals surface area contributed by atoms with Crippen molar-refractivity contribution < 1.29 is 0 Å². The van der Waals surface area contributed by atoms with Crippen LogP contribution in [0.25, 0.3) is 0 Å². The Morgan fingerprint density at radius 1 is 1.20 bits per heavy atom. The molecule has 2 rings (SSSR count). The molecule has 0 aliphatic carbocycles. The molecule has 3 nitrogen and oxygen atoms in total. The Hall–Kier alpha value is -0.120. The smallest absolute Gasteiger partial charge is 0.0323 e. The number of piperazine rings is 2. The van der Waals surface area contributed by atoms with E-state index in [4.69, 9.17) is 0 Å². The molecular weight excluding hydrogens is 126 g/mol. The van der Waals surface area contributed by atoms with Crippen LogP contribution in [0.1, 0.15) is 0 Å². The molecule has 0 aromatic rings. The van der Waals surface area contributed by atoms with Gasteiger partial charge >= 0.3 is 0 Å². The highest BCUT2D eigenvalue weighted by molar-refractivity contribution is 4.91. The minimum Gasteiger partial charge on any atom is -0.314 e. The zero-order valence-corrected chi connectivity index (χ0v) is 6.43. The maximum absolute atomic E-state index is 3.58. The lowest BCUT2D eigenvalue weighted by Gasteiger charge is -2.41. The van der Waals surface area contributed by atoms with Gasteiger partial charge in [0.2, 0.25) is 0 Å². The van der Waals surface area contributed by atoms with Crippen LogP contribution < -0.4 is 10.6 Å². The van der Waals surface area contributed by atoms with E-state index < -0.39 is 0 Å². The molecule has 10 heavy (non-hydrogen) atoms. The van der Waals surface area contributed by atoms with Crippen molar-refractivity contribution in [3.8, 4) is 0 Å². The summed E-state index contributed by atoms with van der Waals surface area (Å²) >= 11 is 0. The van der Waals surface area contributed by atoms with Gasteiger partial charge in [0.05, 0.1) is 0 Å². The van der Waals surface area contributed by atoms with Gasteiger partial charge in [-0.05, 0) is 7.05 Å². The van der Waals surface area contributed by atoms with Crippen molar-refractivity contribution in [2.45, 2.75) is 12.1 Å². The molecule has 2 bridgehead atoms. The fourth-order valence-corrected chi connectivity index (χ4v) is 1.94. The van der Waals surface area contributed by atoms with Crippen molar-refractivity contribution in [2.24, 2.45) is 0 Å². The first-order valence-electron chi connectivity index (χ1n) is 4.00. The summed E-state index contributed by atoms with van der Waals surface area (Å²) in [4.78, 5) is 2.41. The number of nitrogens with one attached hydrogen (secondary N) is 2. The van der Waals surface area contributed by atoms with Gasteiger partial charge in [-0.1, -0.05) is 0 Å². The summed E-state index contributed by atoms with van der Waals surface area (Å²) in [5.41, 5.74) is 0. The molecule has 0 spiro atoms. The molecule has 2 N–H and O–H groups in total. The number of likely N-dealkylation sites (N-methyl/N-ethyl adjacent to an activating group) is 1. The molecular formula is C7H15N3. The van der Waals surface area contributed by atoms with Crippen molar-refractivity contribution in [1.29, 1.82) is 0 Å². The van der Waals surface area contributed by atoms with Crippen molar-refractivity contribution in [3.63, 3.8) is 0 Å². The van der Waals surface area contributed by atoms with E-state index in [1.165, 1.54) is 13.1 Å². The Kier molecular flexibility index (Phi) is 1.64. The zero-order valence-electron chi connectivity index (χ0n) is 6.43. The predicted molar refractivity (Wildman–Crippen MR) is 41.1 cm³/mol. The molecule has 0 unspecified atom stereocenters. The van der Waals surface area contributed by atoms with E-state index in [9.17, 15) is 0 Å². The Morgan fingerprint density at radius 2 is 1.80 bits per heavy atom. The van der Waals surface area contributed by atoms with E-state index in [2.05, 4.69) is 22.6 Å². The Balaban J connectivity index is 1.98. The van der Waals surface area contributed by atoms with E-state index >= 15 is 0 Å². The first-order valence-corrected chi connectivity index (χ1v) is 4.00. The van der Waals surface area contributed by atoms with Crippen LogP contribution in [0.15, 0.2) is 0 Å². The van der Waals surface area contributed by atoms with Gasteiger partial charge in [-0.25, -0.2) is 0 Å². The molecule has 2 heterocycles. The maximum atomic E-state index is 3.58. The second-order valence-corrected chi connectivity index (χ2v) is 3.44. The first kappa shape index (κ1) is 6.58. The molecule has 3 heteroatoms. The van der Waals surface area contributed by atoms with Gasteiger partial charge in [0, 0.05) is 38.3 Å². The minimum absolute atomic E-state index is 0.692. The third kappa shape index (κ3) is 1.17. The number of nitrogens with zero attached hydrogens (tertiary/aromatic N) is 1. The molecule has 2 aliphatic heterocycles. The quantitative estimate of drug-likeness (QED) is 0.446. The van der Waals surface area contributed by atoms with Crippen molar-refractivity contribution in [2.75, 3.05) is 33.2 Å². The lowest BCUT2D eigenvalue weighted by Crippen LogP contribution is -2.65. The summed E-state index contributed by atoms with van der Waals surface area (Å²) in [5.74, 6) is 0. The molecule has 2 saturated heterocycles. The maximum Gasteiger partial charge on any atom is 0.0323 e.